The van der Waals surface area contributed by atoms with E-state index >= 15 is 0 Å². The van der Waals surface area contributed by atoms with Crippen molar-refractivity contribution in [2.24, 2.45) is 0 Å². The van der Waals surface area contributed by atoms with Gasteiger partial charge in [0.05, 0.1) is 0 Å². The lowest BCUT2D eigenvalue weighted by Crippen LogP contribution is -1.93. The summed E-state index contributed by atoms with van der Waals surface area (Å²) < 4.78 is 0. The highest BCUT2D eigenvalue weighted by Crippen LogP contribution is 2.22. The highest BCUT2D eigenvalue weighted by Gasteiger charge is 1.99. The molecule has 0 aliphatic heterocycles. The van der Waals surface area contributed by atoms with Crippen molar-refractivity contribution >= 4 is 17.5 Å². The van der Waals surface area contributed by atoms with E-state index in [1.54, 1.807) is 6.08 Å². The van der Waals surface area contributed by atoms with E-state index < -0.39 is 0 Å². The molecule has 0 radical (unpaired) electrons. The van der Waals surface area contributed by atoms with Crippen molar-refractivity contribution in [3.63, 3.8) is 0 Å². The lowest BCUT2D eigenvalue weighted by molar-refractivity contribution is -0.104. The predicted octanol–water partition coefficient (Wildman–Crippen LogP) is 2.33. The molecular weight excluding hydrogens is 162 g/mol. The molecule has 0 fully saturated rings. The largest absolute Gasteiger partial charge is 0.388 e. The highest BCUT2D eigenvalue weighted by molar-refractivity contribution is 5.84. The van der Waals surface area contributed by atoms with Crippen LogP contribution in [0.3, 0.4) is 0 Å². The van der Waals surface area contributed by atoms with Gasteiger partial charge in [-0.05, 0) is 24.6 Å². The second-order valence-corrected chi connectivity index (χ2v) is 2.78. The summed E-state index contributed by atoms with van der Waals surface area (Å²) in [5.74, 6) is 0. The second-order valence-electron chi connectivity index (χ2n) is 2.78. The van der Waals surface area contributed by atoms with Gasteiger partial charge in [-0.25, -0.2) is 0 Å². The van der Waals surface area contributed by atoms with Crippen LogP contribution in [0.1, 0.15) is 12.5 Å². The van der Waals surface area contributed by atoms with Gasteiger partial charge in [-0.15, -0.1) is 0 Å². The van der Waals surface area contributed by atoms with Crippen LogP contribution in [0.25, 0.3) is 5.57 Å². The van der Waals surface area contributed by atoms with Gasteiger partial charge in [-0.2, -0.15) is 0 Å². The molecule has 2 nitrogen and oxygen atoms in total. The van der Waals surface area contributed by atoms with Crippen molar-refractivity contribution in [3.05, 3.63) is 35.9 Å². The number of hydrogen-bond donors (Lipinski definition) is 1. The highest BCUT2D eigenvalue weighted by atomic mass is 16.1. The zero-order chi connectivity index (χ0) is 9.68. The summed E-state index contributed by atoms with van der Waals surface area (Å²) in [5.41, 5.74) is 3.08. The maximum atomic E-state index is 10.3. The molecule has 13 heavy (non-hydrogen) atoms. The average Bonchev–Trinajstić information content (AvgIpc) is 2.18. The molecule has 2 heteroatoms. The molecule has 0 unspecified atom stereocenters. The van der Waals surface area contributed by atoms with Crippen LogP contribution in [-0.2, 0) is 4.79 Å². The second kappa shape index (κ2) is 4.45. The van der Waals surface area contributed by atoms with Crippen molar-refractivity contribution in [1.29, 1.82) is 0 Å². The first-order valence-electron chi connectivity index (χ1n) is 4.19. The van der Waals surface area contributed by atoms with E-state index in [0.717, 1.165) is 23.1 Å². The van der Waals surface area contributed by atoms with E-state index in [-0.39, 0.29) is 0 Å². The molecule has 0 aromatic heterocycles. The summed E-state index contributed by atoms with van der Waals surface area (Å²) in [4.78, 5) is 10.3. The zero-order valence-corrected chi connectivity index (χ0v) is 7.87. The van der Waals surface area contributed by atoms with E-state index in [0.29, 0.717) is 0 Å². The van der Waals surface area contributed by atoms with Crippen LogP contribution in [-0.4, -0.2) is 13.3 Å². The summed E-state index contributed by atoms with van der Waals surface area (Å²) >= 11 is 0. The van der Waals surface area contributed by atoms with Gasteiger partial charge in [0.15, 0.2) is 0 Å². The Morgan fingerprint density at radius 2 is 2.08 bits per heavy atom. The number of aldehydes is 1. The Morgan fingerprint density at radius 1 is 1.38 bits per heavy atom. The molecule has 0 heterocycles. The van der Waals surface area contributed by atoms with Gasteiger partial charge in [0.2, 0.25) is 0 Å². The first kappa shape index (κ1) is 9.52. The number of anilines is 1. The number of carbonyl (C=O) groups excluding carboxylic acids is 1. The van der Waals surface area contributed by atoms with E-state index in [1.807, 2.05) is 38.2 Å². The minimum atomic E-state index is 0.807. The maximum absolute atomic E-state index is 10.3. The van der Waals surface area contributed by atoms with Crippen LogP contribution < -0.4 is 5.32 Å². The van der Waals surface area contributed by atoms with E-state index in [1.165, 1.54) is 0 Å². The van der Waals surface area contributed by atoms with Gasteiger partial charge < -0.3 is 5.32 Å². The number of hydrogen-bond acceptors (Lipinski definition) is 2. The van der Waals surface area contributed by atoms with Gasteiger partial charge in [0.1, 0.15) is 6.29 Å². The standard InChI is InChI=1S/C11H13NO/c1-9(7-8-13)10-5-3-4-6-11(10)12-2/h3-8,12H,1-2H3/b9-7-. The average molecular weight is 175 g/mol. The third kappa shape index (κ3) is 2.18. The third-order valence-electron chi connectivity index (χ3n) is 1.94. The SMILES string of the molecule is CNc1ccccc1/C(C)=C\C=O. The molecule has 0 bridgehead atoms. The summed E-state index contributed by atoms with van der Waals surface area (Å²) in [5, 5.41) is 3.08. The summed E-state index contributed by atoms with van der Waals surface area (Å²) in [7, 11) is 1.87. The Bertz CT molecular complexity index is 329. The molecule has 1 rings (SSSR count). The van der Waals surface area contributed by atoms with Crippen LogP contribution in [0, 0.1) is 0 Å². The van der Waals surface area contributed by atoms with Crippen molar-refractivity contribution < 1.29 is 4.79 Å². The van der Waals surface area contributed by atoms with Gasteiger partial charge in [0, 0.05) is 18.3 Å². The molecule has 0 spiro atoms. The van der Waals surface area contributed by atoms with Gasteiger partial charge in [-0.3, -0.25) is 4.79 Å². The smallest absolute Gasteiger partial charge is 0.143 e. The number of nitrogens with one attached hydrogen (secondary N) is 1. The van der Waals surface area contributed by atoms with Gasteiger partial charge in [0.25, 0.3) is 0 Å². The van der Waals surface area contributed by atoms with Crippen molar-refractivity contribution in [2.75, 3.05) is 12.4 Å². The van der Waals surface area contributed by atoms with E-state index in [2.05, 4.69) is 5.32 Å². The Morgan fingerprint density at radius 3 is 2.69 bits per heavy atom. The Kier molecular flexibility index (Phi) is 3.26. The van der Waals surface area contributed by atoms with Crippen LogP contribution >= 0.6 is 0 Å². The number of para-hydroxylation sites is 1. The van der Waals surface area contributed by atoms with Crippen molar-refractivity contribution in [3.8, 4) is 0 Å². The molecule has 0 amide bonds. The summed E-state index contributed by atoms with van der Waals surface area (Å²) in [6.45, 7) is 1.92. The predicted molar refractivity (Wildman–Crippen MR) is 55.7 cm³/mol. The van der Waals surface area contributed by atoms with Crippen LogP contribution in [0.15, 0.2) is 30.3 Å². The number of carbonyl (C=O) groups is 1. The Hall–Kier alpha value is -1.57. The third-order valence-corrected chi connectivity index (χ3v) is 1.94. The fourth-order valence-corrected chi connectivity index (χ4v) is 1.24. The maximum Gasteiger partial charge on any atom is 0.143 e. The first-order valence-corrected chi connectivity index (χ1v) is 4.19. The molecule has 0 aliphatic carbocycles. The first-order chi connectivity index (χ1) is 6.29. The monoisotopic (exact) mass is 175 g/mol. The van der Waals surface area contributed by atoms with Crippen molar-refractivity contribution in [2.45, 2.75) is 6.92 Å². The minimum Gasteiger partial charge on any atom is -0.388 e. The molecule has 1 aromatic rings. The van der Waals surface area contributed by atoms with Gasteiger partial charge >= 0.3 is 0 Å². The molecule has 0 atom stereocenters. The fraction of sp³-hybridized carbons (Fsp3) is 0.182. The topological polar surface area (TPSA) is 29.1 Å². The zero-order valence-electron chi connectivity index (χ0n) is 7.87. The molecular formula is C11H13NO. The quantitative estimate of drug-likeness (QED) is 0.564. The van der Waals surface area contributed by atoms with Crippen LogP contribution in [0.2, 0.25) is 0 Å². The Labute approximate surface area is 78.3 Å². The number of allylic oxidation sites excluding steroid dienone is 2. The minimum absolute atomic E-state index is 0.807. The molecule has 0 saturated carbocycles. The molecule has 1 N–H and O–H groups in total. The molecule has 0 aliphatic rings. The molecule has 0 saturated heterocycles. The summed E-state index contributed by atoms with van der Waals surface area (Å²) in [6.07, 6.45) is 2.37. The van der Waals surface area contributed by atoms with Crippen LogP contribution in [0.5, 0.6) is 0 Å². The lowest BCUT2D eigenvalue weighted by atomic mass is 10.1. The van der Waals surface area contributed by atoms with E-state index in [9.17, 15) is 4.79 Å². The van der Waals surface area contributed by atoms with E-state index in [4.69, 9.17) is 0 Å². The van der Waals surface area contributed by atoms with Gasteiger partial charge in [-0.1, -0.05) is 18.2 Å². The lowest BCUT2D eigenvalue weighted by Gasteiger charge is -2.07. The molecule has 68 valence electrons. The molecule has 1 aromatic carbocycles. The van der Waals surface area contributed by atoms with Crippen LogP contribution in [0.4, 0.5) is 5.69 Å². The fourth-order valence-electron chi connectivity index (χ4n) is 1.24. The Balaban J connectivity index is 3.12. The summed E-state index contributed by atoms with van der Waals surface area (Å²) in [6, 6.07) is 7.89. The number of benzene rings is 1. The van der Waals surface area contributed by atoms with Crippen molar-refractivity contribution in [1.82, 2.24) is 0 Å². The number of rotatable bonds is 3. The normalized spacial score (nSPS) is 11.1.